The predicted molar refractivity (Wildman–Crippen MR) is 15.8 cm³/mol. The van der Waals surface area contributed by atoms with Crippen LogP contribution in [0.4, 0.5) is 0 Å². The Morgan fingerprint density at radius 2 is 2.60 bits per heavy atom. The van der Waals surface area contributed by atoms with E-state index in [0.717, 1.165) is 0 Å². The minimum atomic E-state index is -0.139. The second-order valence-corrected chi connectivity index (χ2v) is 0.455. The highest BCUT2D eigenvalue weighted by Crippen LogP contribution is 1.43. The Balaban J connectivity index is 2.40. The van der Waals surface area contributed by atoms with Crippen molar-refractivity contribution in [3.8, 4) is 0 Å². The highest BCUT2D eigenvalue weighted by Gasteiger charge is 1.67. The Bertz CT molecular complexity index is 28.8. The van der Waals surface area contributed by atoms with Crippen molar-refractivity contribution in [2.45, 2.75) is 0 Å². The summed E-state index contributed by atoms with van der Waals surface area (Å²) in [5.74, 6) is 4.38. The number of hydrogen-bond donors (Lipinski definition) is 1. The lowest BCUT2D eigenvalue weighted by Crippen LogP contribution is -2.00. The molecular formula is C2H4NO2. The maximum Gasteiger partial charge on any atom is 0.228 e. The van der Waals surface area contributed by atoms with Gasteiger partial charge >= 0.3 is 0 Å². The van der Waals surface area contributed by atoms with Crippen molar-refractivity contribution < 1.29 is 9.63 Å². The topological polar surface area (TPSA) is 52.3 Å². The average Bonchev–Trinajstić information content (AvgIpc) is 1.41. The third-order valence-corrected chi connectivity index (χ3v) is 0.142. The summed E-state index contributed by atoms with van der Waals surface area (Å²) in [5, 5.41) is 0. The summed E-state index contributed by atoms with van der Waals surface area (Å²) in [7, 11) is 0. The van der Waals surface area contributed by atoms with Crippen molar-refractivity contribution >= 4 is 6.29 Å². The van der Waals surface area contributed by atoms with Gasteiger partial charge in [-0.3, -0.25) is 9.63 Å². The summed E-state index contributed by atoms with van der Waals surface area (Å²) in [4.78, 5) is 12.8. The fourth-order valence-corrected chi connectivity index (χ4v) is 0.0340. The molecule has 5 heavy (non-hydrogen) atoms. The third kappa shape index (κ3) is 3.59. The highest BCUT2D eigenvalue weighted by molar-refractivity contribution is 5.51. The van der Waals surface area contributed by atoms with Crippen LogP contribution in [0.25, 0.3) is 0 Å². The maximum atomic E-state index is 9.07. The average molecular weight is 74.1 g/mol. The molecule has 0 spiro atoms. The fraction of sp³-hybridized carbons (Fsp3) is 0.500. The Labute approximate surface area is 29.7 Å². The molecule has 3 heteroatoms. The number of rotatable bonds is 2. The van der Waals surface area contributed by atoms with E-state index in [-0.39, 0.29) is 6.61 Å². The van der Waals surface area contributed by atoms with Gasteiger partial charge in [-0.15, -0.1) is 0 Å². The lowest BCUT2D eigenvalue weighted by atomic mass is 10.9. The first-order chi connectivity index (χ1) is 2.41. The summed E-state index contributed by atoms with van der Waals surface area (Å²) in [6.45, 7) is -0.139. The third-order valence-electron chi connectivity index (χ3n) is 0.142. The van der Waals surface area contributed by atoms with Gasteiger partial charge in [0.25, 0.3) is 0 Å². The van der Waals surface area contributed by atoms with Crippen molar-refractivity contribution in [2.24, 2.45) is 5.90 Å². The zero-order valence-electron chi connectivity index (χ0n) is 2.60. The van der Waals surface area contributed by atoms with Gasteiger partial charge in [0.1, 0.15) is 6.61 Å². The molecule has 0 bridgehead atoms. The van der Waals surface area contributed by atoms with E-state index in [2.05, 4.69) is 10.7 Å². The van der Waals surface area contributed by atoms with Crippen molar-refractivity contribution in [1.82, 2.24) is 0 Å². The van der Waals surface area contributed by atoms with Crippen LogP contribution >= 0.6 is 0 Å². The van der Waals surface area contributed by atoms with Gasteiger partial charge in [0.05, 0.1) is 0 Å². The second kappa shape index (κ2) is 3.59. The number of hydrogen-bond acceptors (Lipinski definition) is 3. The molecule has 29 valence electrons. The van der Waals surface area contributed by atoms with E-state index in [1.807, 2.05) is 0 Å². The van der Waals surface area contributed by atoms with E-state index >= 15 is 0 Å². The van der Waals surface area contributed by atoms with Crippen LogP contribution in [0.2, 0.25) is 0 Å². The van der Waals surface area contributed by atoms with Crippen molar-refractivity contribution in [1.29, 1.82) is 0 Å². The quantitative estimate of drug-likeness (QED) is 0.427. The van der Waals surface area contributed by atoms with E-state index < -0.39 is 0 Å². The van der Waals surface area contributed by atoms with E-state index in [4.69, 9.17) is 4.79 Å². The van der Waals surface area contributed by atoms with E-state index in [0.29, 0.717) is 0 Å². The smallest absolute Gasteiger partial charge is 0.228 e. The molecule has 3 nitrogen and oxygen atoms in total. The normalized spacial score (nSPS) is 7.40. The van der Waals surface area contributed by atoms with Crippen LogP contribution < -0.4 is 5.90 Å². The molecule has 0 heterocycles. The summed E-state index contributed by atoms with van der Waals surface area (Å²) in [5.41, 5.74) is 0. The molecule has 0 saturated heterocycles. The molecule has 0 saturated carbocycles. The van der Waals surface area contributed by atoms with Crippen LogP contribution in [-0.4, -0.2) is 12.9 Å². The van der Waals surface area contributed by atoms with E-state index in [1.165, 1.54) is 6.29 Å². The summed E-state index contributed by atoms with van der Waals surface area (Å²) < 4.78 is 0. The van der Waals surface area contributed by atoms with Crippen molar-refractivity contribution in [2.75, 3.05) is 6.61 Å². The fourth-order valence-electron chi connectivity index (χ4n) is 0.0340. The highest BCUT2D eigenvalue weighted by atomic mass is 16.6. The van der Waals surface area contributed by atoms with Crippen LogP contribution in [0, 0.1) is 0 Å². The zero-order chi connectivity index (χ0) is 4.12. The van der Waals surface area contributed by atoms with Gasteiger partial charge in [0.2, 0.25) is 6.29 Å². The summed E-state index contributed by atoms with van der Waals surface area (Å²) >= 11 is 0. The molecule has 0 fully saturated rings. The minimum absolute atomic E-state index is 0.139. The van der Waals surface area contributed by atoms with Crippen molar-refractivity contribution in [3.63, 3.8) is 0 Å². The molecule has 0 unspecified atom stereocenters. The molecule has 0 rings (SSSR count). The Kier molecular flexibility index (Phi) is 3.30. The molecular weight excluding hydrogens is 70.0 g/mol. The SMILES string of the molecule is NOC[C]=O. The molecule has 0 aliphatic rings. The van der Waals surface area contributed by atoms with Crippen LogP contribution in [-0.2, 0) is 9.63 Å². The van der Waals surface area contributed by atoms with Gasteiger partial charge < -0.3 is 0 Å². The molecule has 0 amide bonds. The second-order valence-electron chi connectivity index (χ2n) is 0.455. The first-order valence-corrected chi connectivity index (χ1v) is 1.08. The van der Waals surface area contributed by atoms with Gasteiger partial charge in [-0.2, -0.15) is 0 Å². The van der Waals surface area contributed by atoms with Gasteiger partial charge in [0, 0.05) is 0 Å². The Morgan fingerprint density at radius 1 is 2.00 bits per heavy atom. The van der Waals surface area contributed by atoms with Crippen LogP contribution in [0.1, 0.15) is 0 Å². The minimum Gasteiger partial charge on any atom is -0.296 e. The summed E-state index contributed by atoms with van der Waals surface area (Å²) in [6, 6.07) is 0. The van der Waals surface area contributed by atoms with Crippen LogP contribution in [0.3, 0.4) is 0 Å². The lowest BCUT2D eigenvalue weighted by Gasteiger charge is -1.74. The van der Waals surface area contributed by atoms with Crippen LogP contribution in [0.15, 0.2) is 0 Å². The van der Waals surface area contributed by atoms with Gasteiger partial charge in [-0.05, 0) is 0 Å². The number of carbonyl (C=O) groups excluding carboxylic acids is 1. The molecule has 0 aliphatic carbocycles. The van der Waals surface area contributed by atoms with Gasteiger partial charge in [-0.25, -0.2) is 5.90 Å². The zero-order valence-corrected chi connectivity index (χ0v) is 2.60. The standard InChI is InChI=1S/C2H4NO2/c3-5-2-1-4/h2-3H2. The molecule has 0 aromatic carbocycles. The Morgan fingerprint density at radius 3 is 2.60 bits per heavy atom. The largest absolute Gasteiger partial charge is 0.296 e. The molecule has 2 N–H and O–H groups in total. The Hall–Kier alpha value is -0.410. The monoisotopic (exact) mass is 74.0 g/mol. The van der Waals surface area contributed by atoms with Gasteiger partial charge in [-0.1, -0.05) is 0 Å². The molecule has 1 radical (unpaired) electrons. The number of nitrogens with two attached hydrogens (primary N) is 1. The lowest BCUT2D eigenvalue weighted by molar-refractivity contribution is 0.175. The van der Waals surface area contributed by atoms with Crippen LogP contribution in [0.5, 0.6) is 0 Å². The molecule has 0 aromatic heterocycles. The van der Waals surface area contributed by atoms with E-state index in [1.54, 1.807) is 0 Å². The molecule has 0 aliphatic heterocycles. The first-order valence-electron chi connectivity index (χ1n) is 1.08. The first kappa shape index (κ1) is 4.59. The predicted octanol–water partition coefficient (Wildman–Crippen LogP) is -1.01. The van der Waals surface area contributed by atoms with Crippen molar-refractivity contribution in [3.05, 3.63) is 0 Å². The maximum absolute atomic E-state index is 9.07. The molecule has 0 atom stereocenters. The van der Waals surface area contributed by atoms with E-state index in [9.17, 15) is 0 Å². The molecule has 0 aromatic rings. The van der Waals surface area contributed by atoms with Gasteiger partial charge in [0.15, 0.2) is 0 Å². The summed E-state index contributed by atoms with van der Waals surface area (Å²) in [6.07, 6.45) is 1.42.